The van der Waals surface area contributed by atoms with Crippen molar-refractivity contribution in [2.24, 2.45) is 0 Å². The second kappa shape index (κ2) is 14.8. The summed E-state index contributed by atoms with van der Waals surface area (Å²) < 4.78 is 4.76. The highest BCUT2D eigenvalue weighted by molar-refractivity contribution is 9.10. The van der Waals surface area contributed by atoms with Crippen molar-refractivity contribution in [3.05, 3.63) is 181 Å². The Hall–Kier alpha value is -6.45. The van der Waals surface area contributed by atoms with E-state index in [1.54, 1.807) is 47.7 Å². The number of hydrogen-bond donors (Lipinski definition) is 1. The van der Waals surface area contributed by atoms with Gasteiger partial charge in [-0.25, -0.2) is 14.2 Å². The number of aromatic nitrogens is 6. The third kappa shape index (κ3) is 7.18. The van der Waals surface area contributed by atoms with Gasteiger partial charge >= 0.3 is 5.97 Å². The predicted octanol–water partition coefficient (Wildman–Crippen LogP) is 9.66. The van der Waals surface area contributed by atoms with E-state index in [1.807, 2.05) is 114 Å². The summed E-state index contributed by atoms with van der Waals surface area (Å²) in [5.41, 5.74) is 9.78. The highest BCUT2D eigenvalue weighted by atomic mass is 79.9. The standard InChI is InChI=1S/C21H15N3O2.C20H14BrN3/c25-21(26)17-6-4-5-16(13-17)20-19(15-9-11-22-12-10-15)14-24(23-20)18-7-2-1-3-8-18;21-17-6-4-5-16(13-17)20-19(15-9-11-22-12-10-15)14-24(23-20)18-7-2-1-3-8-18/h1-14H,(H,25,26);1-14H. The van der Waals surface area contributed by atoms with Crippen LogP contribution in [-0.2, 0) is 0 Å². The minimum atomic E-state index is -0.959. The summed E-state index contributed by atoms with van der Waals surface area (Å²) in [7, 11) is 0. The van der Waals surface area contributed by atoms with Crippen LogP contribution in [0.3, 0.4) is 0 Å². The fourth-order valence-electron chi connectivity index (χ4n) is 5.52. The van der Waals surface area contributed by atoms with Crippen LogP contribution in [0.1, 0.15) is 10.4 Å². The Kier molecular flexibility index (Phi) is 9.48. The molecule has 8 nitrogen and oxygen atoms in total. The molecule has 0 fully saturated rings. The molecule has 0 atom stereocenters. The SMILES string of the molecule is Brc1cccc(-c2nn(-c3ccccc3)cc2-c2ccncc2)c1.O=C(O)c1cccc(-c2nn(-c3ccccc3)cc2-c2ccncc2)c1. The van der Waals surface area contributed by atoms with Crippen LogP contribution in [0.4, 0.5) is 0 Å². The van der Waals surface area contributed by atoms with Crippen LogP contribution in [-0.4, -0.2) is 40.6 Å². The van der Waals surface area contributed by atoms with Crippen molar-refractivity contribution < 1.29 is 9.90 Å². The number of para-hydroxylation sites is 2. The molecule has 4 heterocycles. The van der Waals surface area contributed by atoms with Crippen LogP contribution in [0.2, 0.25) is 0 Å². The molecule has 0 aliphatic heterocycles. The summed E-state index contributed by atoms with van der Waals surface area (Å²) in [5.74, 6) is -0.959. The molecule has 0 aliphatic rings. The average molecular weight is 718 g/mol. The van der Waals surface area contributed by atoms with E-state index in [-0.39, 0.29) is 5.56 Å². The Morgan fingerprint density at radius 3 is 1.44 bits per heavy atom. The number of carbonyl (C=O) groups is 1. The zero-order chi connectivity index (χ0) is 34.3. The van der Waals surface area contributed by atoms with Crippen molar-refractivity contribution in [3.63, 3.8) is 0 Å². The molecule has 9 heteroatoms. The second-order valence-electron chi connectivity index (χ2n) is 11.2. The lowest BCUT2D eigenvalue weighted by Gasteiger charge is -2.03. The molecule has 0 bridgehead atoms. The van der Waals surface area contributed by atoms with E-state index in [2.05, 4.69) is 44.2 Å². The molecule has 0 saturated heterocycles. The quantitative estimate of drug-likeness (QED) is 0.176. The Morgan fingerprint density at radius 1 is 0.520 bits per heavy atom. The first-order chi connectivity index (χ1) is 24.5. The molecule has 0 aliphatic carbocycles. The van der Waals surface area contributed by atoms with E-state index in [4.69, 9.17) is 10.2 Å². The summed E-state index contributed by atoms with van der Waals surface area (Å²) in [6, 6.07) is 42.8. The van der Waals surface area contributed by atoms with Crippen LogP contribution >= 0.6 is 15.9 Å². The summed E-state index contributed by atoms with van der Waals surface area (Å²) in [6.45, 7) is 0. The number of aromatic carboxylic acids is 1. The smallest absolute Gasteiger partial charge is 0.335 e. The van der Waals surface area contributed by atoms with E-state index < -0.39 is 5.97 Å². The molecule has 4 aromatic carbocycles. The zero-order valence-electron chi connectivity index (χ0n) is 26.6. The molecule has 0 saturated carbocycles. The minimum absolute atomic E-state index is 0.234. The van der Waals surface area contributed by atoms with Gasteiger partial charge in [0, 0.05) is 63.9 Å². The van der Waals surface area contributed by atoms with Crippen LogP contribution < -0.4 is 0 Å². The van der Waals surface area contributed by atoms with Gasteiger partial charge in [0.15, 0.2) is 0 Å². The van der Waals surface area contributed by atoms with Crippen LogP contribution in [0.5, 0.6) is 0 Å². The van der Waals surface area contributed by atoms with Crippen LogP contribution in [0, 0.1) is 0 Å². The van der Waals surface area contributed by atoms with Crippen LogP contribution in [0.25, 0.3) is 56.1 Å². The van der Waals surface area contributed by atoms with E-state index >= 15 is 0 Å². The Balaban J connectivity index is 0.000000157. The lowest BCUT2D eigenvalue weighted by Crippen LogP contribution is -1.97. The summed E-state index contributed by atoms with van der Waals surface area (Å²) in [5, 5.41) is 18.9. The molecule has 50 heavy (non-hydrogen) atoms. The molecule has 0 radical (unpaired) electrons. The highest BCUT2D eigenvalue weighted by Crippen LogP contribution is 2.34. The van der Waals surface area contributed by atoms with Gasteiger partial charge in [0.2, 0.25) is 0 Å². The van der Waals surface area contributed by atoms with Gasteiger partial charge in [-0.3, -0.25) is 9.97 Å². The van der Waals surface area contributed by atoms with Gasteiger partial charge in [0.25, 0.3) is 0 Å². The number of halogens is 1. The van der Waals surface area contributed by atoms with Gasteiger partial charge in [-0.15, -0.1) is 0 Å². The predicted molar refractivity (Wildman–Crippen MR) is 199 cm³/mol. The van der Waals surface area contributed by atoms with E-state index in [0.717, 1.165) is 60.6 Å². The van der Waals surface area contributed by atoms with Gasteiger partial charge in [-0.1, -0.05) is 76.6 Å². The monoisotopic (exact) mass is 716 g/mol. The number of nitrogens with zero attached hydrogens (tertiary/aromatic N) is 6. The number of carboxylic acid groups (broad SMARTS) is 1. The Bertz CT molecular complexity index is 2360. The van der Waals surface area contributed by atoms with E-state index in [9.17, 15) is 9.90 Å². The van der Waals surface area contributed by atoms with Crippen molar-refractivity contribution in [3.8, 4) is 56.1 Å². The summed E-state index contributed by atoms with van der Waals surface area (Å²) >= 11 is 3.55. The molecule has 242 valence electrons. The number of hydrogen-bond acceptors (Lipinski definition) is 5. The largest absolute Gasteiger partial charge is 0.478 e. The van der Waals surface area contributed by atoms with Gasteiger partial charge in [-0.05, 0) is 83.9 Å². The summed E-state index contributed by atoms with van der Waals surface area (Å²) in [4.78, 5) is 19.5. The Labute approximate surface area is 297 Å². The fourth-order valence-corrected chi connectivity index (χ4v) is 5.92. The molecule has 8 aromatic rings. The first-order valence-electron chi connectivity index (χ1n) is 15.7. The maximum absolute atomic E-state index is 11.3. The lowest BCUT2D eigenvalue weighted by molar-refractivity contribution is 0.0697. The zero-order valence-corrected chi connectivity index (χ0v) is 28.2. The molecule has 1 N–H and O–H groups in total. The highest BCUT2D eigenvalue weighted by Gasteiger charge is 2.16. The van der Waals surface area contributed by atoms with Gasteiger partial charge < -0.3 is 5.11 Å². The van der Waals surface area contributed by atoms with Crippen LogP contribution in [0.15, 0.2) is 175 Å². The second-order valence-corrected chi connectivity index (χ2v) is 12.1. The van der Waals surface area contributed by atoms with Gasteiger partial charge in [-0.2, -0.15) is 10.2 Å². The van der Waals surface area contributed by atoms with Crippen molar-refractivity contribution >= 4 is 21.9 Å². The average Bonchev–Trinajstić information content (AvgIpc) is 3.83. The van der Waals surface area contributed by atoms with Crippen molar-refractivity contribution in [2.45, 2.75) is 0 Å². The minimum Gasteiger partial charge on any atom is -0.478 e. The third-order valence-electron chi connectivity index (χ3n) is 7.93. The van der Waals surface area contributed by atoms with Crippen molar-refractivity contribution in [1.82, 2.24) is 29.5 Å². The number of rotatable bonds is 7. The lowest BCUT2D eigenvalue weighted by atomic mass is 10.0. The van der Waals surface area contributed by atoms with E-state index in [0.29, 0.717) is 0 Å². The topological polar surface area (TPSA) is 98.7 Å². The Morgan fingerprint density at radius 2 is 0.980 bits per heavy atom. The first-order valence-corrected chi connectivity index (χ1v) is 16.5. The molecule has 0 spiro atoms. The molecule has 0 amide bonds. The van der Waals surface area contributed by atoms with Gasteiger partial charge in [0.05, 0.1) is 16.9 Å². The number of pyridine rings is 2. The van der Waals surface area contributed by atoms with Gasteiger partial charge in [0.1, 0.15) is 11.4 Å². The first kappa shape index (κ1) is 32.1. The normalized spacial score (nSPS) is 10.7. The maximum Gasteiger partial charge on any atom is 0.335 e. The van der Waals surface area contributed by atoms with Crippen molar-refractivity contribution in [2.75, 3.05) is 0 Å². The molecule has 8 rings (SSSR count). The number of benzene rings is 4. The molecule has 0 unspecified atom stereocenters. The molecule has 4 aromatic heterocycles. The summed E-state index contributed by atoms with van der Waals surface area (Å²) in [6.07, 6.45) is 11.1. The van der Waals surface area contributed by atoms with E-state index in [1.165, 1.54) is 0 Å². The number of carboxylic acids is 1. The third-order valence-corrected chi connectivity index (χ3v) is 8.43. The fraction of sp³-hybridized carbons (Fsp3) is 0. The molecular weight excluding hydrogens is 688 g/mol. The molecular formula is C41H29BrN6O2. The maximum atomic E-state index is 11.3. The van der Waals surface area contributed by atoms with Crippen molar-refractivity contribution in [1.29, 1.82) is 0 Å².